The highest BCUT2D eigenvalue weighted by Crippen LogP contribution is 2.15. The monoisotopic (exact) mass is 346 g/mol. The standard InChI is InChI=1S/C17H16F2N4O2/c18-13-5-4-12(11-14(13)19)21-16(24)17(25)23-9-7-22(8-10-23)15-3-1-2-6-20-15/h1-6,11H,7-10H2,(H,21,24). The SMILES string of the molecule is O=C(Nc1ccc(F)c(F)c1)C(=O)N1CCN(c2ccccn2)CC1. The van der Waals surface area contributed by atoms with Gasteiger partial charge >= 0.3 is 11.8 Å². The molecule has 3 rings (SSSR count). The second-order valence-electron chi connectivity index (χ2n) is 5.55. The Morgan fingerprint density at radius 2 is 1.76 bits per heavy atom. The van der Waals surface area contributed by atoms with E-state index in [2.05, 4.69) is 10.3 Å². The predicted molar refractivity (Wildman–Crippen MR) is 88.0 cm³/mol. The Balaban J connectivity index is 1.56. The average Bonchev–Trinajstić information content (AvgIpc) is 2.65. The molecule has 1 saturated heterocycles. The fourth-order valence-electron chi connectivity index (χ4n) is 2.58. The first kappa shape index (κ1) is 16.8. The number of carbonyl (C=O) groups excluding carboxylic acids is 2. The average molecular weight is 346 g/mol. The van der Waals surface area contributed by atoms with E-state index in [1.165, 1.54) is 11.0 Å². The van der Waals surface area contributed by atoms with Crippen molar-refractivity contribution in [2.45, 2.75) is 0 Å². The van der Waals surface area contributed by atoms with E-state index >= 15 is 0 Å². The molecule has 25 heavy (non-hydrogen) atoms. The zero-order valence-electron chi connectivity index (χ0n) is 13.3. The van der Waals surface area contributed by atoms with Gasteiger partial charge < -0.3 is 15.1 Å². The molecule has 0 saturated carbocycles. The third kappa shape index (κ3) is 3.90. The number of nitrogens with zero attached hydrogens (tertiary/aromatic N) is 3. The molecule has 6 nitrogen and oxygen atoms in total. The van der Waals surface area contributed by atoms with Crippen molar-refractivity contribution in [3.05, 3.63) is 54.2 Å². The maximum atomic E-state index is 13.2. The molecule has 8 heteroatoms. The molecule has 2 heterocycles. The summed E-state index contributed by atoms with van der Waals surface area (Å²) in [4.78, 5) is 31.9. The van der Waals surface area contributed by atoms with E-state index in [1.54, 1.807) is 6.20 Å². The van der Waals surface area contributed by atoms with Crippen LogP contribution < -0.4 is 10.2 Å². The minimum absolute atomic E-state index is 0.0318. The lowest BCUT2D eigenvalue weighted by Crippen LogP contribution is -2.51. The number of rotatable bonds is 2. The number of halogens is 2. The summed E-state index contributed by atoms with van der Waals surface area (Å²) in [6, 6.07) is 8.51. The molecule has 0 radical (unpaired) electrons. The van der Waals surface area contributed by atoms with Crippen molar-refractivity contribution in [3.8, 4) is 0 Å². The summed E-state index contributed by atoms with van der Waals surface area (Å²) in [6.45, 7) is 1.86. The maximum Gasteiger partial charge on any atom is 0.313 e. The van der Waals surface area contributed by atoms with Gasteiger partial charge in [-0.15, -0.1) is 0 Å². The normalized spacial score (nSPS) is 14.3. The van der Waals surface area contributed by atoms with Crippen LogP contribution in [0.2, 0.25) is 0 Å². The summed E-state index contributed by atoms with van der Waals surface area (Å²) in [5.74, 6) is -2.87. The molecule has 0 bridgehead atoms. The van der Waals surface area contributed by atoms with E-state index in [0.717, 1.165) is 18.0 Å². The van der Waals surface area contributed by atoms with E-state index < -0.39 is 23.4 Å². The van der Waals surface area contributed by atoms with Crippen LogP contribution >= 0.6 is 0 Å². The lowest BCUT2D eigenvalue weighted by molar-refractivity contribution is -0.143. The van der Waals surface area contributed by atoms with Gasteiger partial charge in [-0.1, -0.05) is 6.07 Å². The van der Waals surface area contributed by atoms with Crippen LogP contribution in [0, 0.1) is 11.6 Å². The van der Waals surface area contributed by atoms with E-state index in [-0.39, 0.29) is 5.69 Å². The van der Waals surface area contributed by atoms with Crippen molar-refractivity contribution >= 4 is 23.3 Å². The van der Waals surface area contributed by atoms with Crippen LogP contribution in [0.1, 0.15) is 0 Å². The molecule has 0 spiro atoms. The van der Waals surface area contributed by atoms with Crippen LogP contribution in [0.25, 0.3) is 0 Å². The molecule has 2 aromatic rings. The van der Waals surface area contributed by atoms with Gasteiger partial charge in [-0.3, -0.25) is 9.59 Å². The van der Waals surface area contributed by atoms with Crippen molar-refractivity contribution < 1.29 is 18.4 Å². The third-order valence-corrected chi connectivity index (χ3v) is 3.91. The molecular weight excluding hydrogens is 330 g/mol. The van der Waals surface area contributed by atoms with Gasteiger partial charge in [-0.25, -0.2) is 13.8 Å². The van der Waals surface area contributed by atoms with Crippen LogP contribution in [0.4, 0.5) is 20.3 Å². The second-order valence-corrected chi connectivity index (χ2v) is 5.55. The Bertz CT molecular complexity index is 777. The van der Waals surface area contributed by atoms with Gasteiger partial charge in [0.15, 0.2) is 11.6 Å². The van der Waals surface area contributed by atoms with Gasteiger partial charge in [0.1, 0.15) is 5.82 Å². The minimum Gasteiger partial charge on any atom is -0.353 e. The Hall–Kier alpha value is -3.03. The number of piperazine rings is 1. The zero-order valence-corrected chi connectivity index (χ0v) is 13.3. The summed E-state index contributed by atoms with van der Waals surface area (Å²) < 4.78 is 26.0. The van der Waals surface area contributed by atoms with E-state index in [4.69, 9.17) is 0 Å². The number of aromatic nitrogens is 1. The van der Waals surface area contributed by atoms with E-state index in [9.17, 15) is 18.4 Å². The fourth-order valence-corrected chi connectivity index (χ4v) is 2.58. The van der Waals surface area contributed by atoms with Crippen LogP contribution in [0.15, 0.2) is 42.6 Å². The lowest BCUT2D eigenvalue weighted by atomic mass is 10.2. The predicted octanol–water partition coefficient (Wildman–Crippen LogP) is 1.65. The Labute approximate surface area is 143 Å². The Morgan fingerprint density at radius 1 is 1.00 bits per heavy atom. The van der Waals surface area contributed by atoms with Gasteiger partial charge in [-0.2, -0.15) is 0 Å². The molecule has 2 amide bonds. The topological polar surface area (TPSA) is 65.5 Å². The molecule has 0 unspecified atom stereocenters. The summed E-state index contributed by atoms with van der Waals surface area (Å²) in [5, 5.41) is 2.29. The van der Waals surface area contributed by atoms with Crippen LogP contribution in [-0.2, 0) is 9.59 Å². The lowest BCUT2D eigenvalue weighted by Gasteiger charge is -2.34. The van der Waals surface area contributed by atoms with Crippen LogP contribution in [0.3, 0.4) is 0 Å². The molecular formula is C17H16F2N4O2. The number of amides is 2. The number of anilines is 2. The first-order chi connectivity index (χ1) is 12.0. The van der Waals surface area contributed by atoms with Crippen molar-refractivity contribution in [2.24, 2.45) is 0 Å². The molecule has 1 N–H and O–H groups in total. The number of hydrogen-bond donors (Lipinski definition) is 1. The highest BCUT2D eigenvalue weighted by Gasteiger charge is 2.26. The van der Waals surface area contributed by atoms with Gasteiger partial charge in [0.05, 0.1) is 0 Å². The smallest absolute Gasteiger partial charge is 0.313 e. The van der Waals surface area contributed by atoms with Gasteiger partial charge in [0.2, 0.25) is 0 Å². The third-order valence-electron chi connectivity index (χ3n) is 3.91. The second kappa shape index (κ2) is 7.25. The molecule has 1 aliphatic heterocycles. The quantitative estimate of drug-likeness (QED) is 0.840. The number of nitrogens with one attached hydrogen (secondary N) is 1. The highest BCUT2D eigenvalue weighted by molar-refractivity contribution is 6.39. The van der Waals surface area contributed by atoms with Crippen molar-refractivity contribution in [1.82, 2.24) is 9.88 Å². The molecule has 0 aliphatic carbocycles. The minimum atomic E-state index is -1.09. The zero-order chi connectivity index (χ0) is 17.8. The van der Waals surface area contributed by atoms with Crippen molar-refractivity contribution in [2.75, 3.05) is 36.4 Å². The highest BCUT2D eigenvalue weighted by atomic mass is 19.2. The van der Waals surface area contributed by atoms with Gasteiger partial charge in [-0.05, 0) is 24.3 Å². The van der Waals surface area contributed by atoms with Crippen molar-refractivity contribution in [1.29, 1.82) is 0 Å². The molecule has 1 fully saturated rings. The first-order valence-corrected chi connectivity index (χ1v) is 7.76. The molecule has 0 atom stereocenters. The number of pyridine rings is 1. The molecule has 130 valence electrons. The van der Waals surface area contributed by atoms with Crippen LogP contribution in [0.5, 0.6) is 0 Å². The number of benzene rings is 1. The first-order valence-electron chi connectivity index (χ1n) is 7.76. The summed E-state index contributed by atoms with van der Waals surface area (Å²) in [7, 11) is 0. The van der Waals surface area contributed by atoms with Crippen molar-refractivity contribution in [3.63, 3.8) is 0 Å². The Morgan fingerprint density at radius 3 is 2.40 bits per heavy atom. The number of hydrogen-bond acceptors (Lipinski definition) is 4. The molecule has 1 aliphatic rings. The summed E-state index contributed by atoms with van der Waals surface area (Å²) in [5.41, 5.74) is 0.0318. The Kier molecular flexibility index (Phi) is 4.87. The molecule has 1 aromatic heterocycles. The van der Waals surface area contributed by atoms with Gasteiger partial charge in [0.25, 0.3) is 0 Å². The molecule has 1 aromatic carbocycles. The largest absolute Gasteiger partial charge is 0.353 e. The van der Waals surface area contributed by atoms with Crippen LogP contribution in [-0.4, -0.2) is 47.9 Å². The fraction of sp³-hybridized carbons (Fsp3) is 0.235. The summed E-state index contributed by atoms with van der Waals surface area (Å²) >= 11 is 0. The maximum absolute atomic E-state index is 13.2. The van der Waals surface area contributed by atoms with E-state index in [1.807, 2.05) is 23.1 Å². The van der Waals surface area contributed by atoms with Gasteiger partial charge in [0, 0.05) is 44.1 Å². The summed E-state index contributed by atoms with van der Waals surface area (Å²) in [6.07, 6.45) is 1.70. The number of carbonyl (C=O) groups is 2. The van der Waals surface area contributed by atoms with E-state index in [0.29, 0.717) is 26.2 Å².